The number of nitrogens with one attached hydrogen (secondary N) is 1. The van der Waals surface area contributed by atoms with Crippen LogP contribution in [0.4, 0.5) is 14.5 Å². The number of hydrazone groups is 1. The normalized spacial score (nSPS) is 10.8. The van der Waals surface area contributed by atoms with Gasteiger partial charge in [0.1, 0.15) is 11.6 Å². The summed E-state index contributed by atoms with van der Waals surface area (Å²) in [5.74, 6) is -0.626. The number of para-hydroxylation sites is 1. The molecule has 0 atom stereocenters. The molecule has 3 nitrogen and oxygen atoms in total. The van der Waals surface area contributed by atoms with Crippen molar-refractivity contribution in [3.05, 3.63) is 59.7 Å². The van der Waals surface area contributed by atoms with E-state index in [4.69, 9.17) is 4.74 Å². The van der Waals surface area contributed by atoms with Gasteiger partial charge in [0.25, 0.3) is 0 Å². The van der Waals surface area contributed by atoms with Crippen molar-refractivity contribution in [1.82, 2.24) is 0 Å². The van der Waals surface area contributed by atoms with Crippen LogP contribution in [-0.2, 0) is 0 Å². The van der Waals surface area contributed by atoms with Gasteiger partial charge in [-0.3, -0.25) is 5.43 Å². The van der Waals surface area contributed by atoms with Crippen LogP contribution in [0.3, 0.4) is 0 Å². The predicted octanol–water partition coefficient (Wildman–Crippen LogP) is 3.81. The lowest BCUT2D eigenvalue weighted by Gasteiger charge is -2.06. The zero-order valence-corrected chi connectivity index (χ0v) is 10.9. The molecule has 0 aliphatic heterocycles. The van der Waals surface area contributed by atoms with Crippen LogP contribution in [0.2, 0.25) is 0 Å². The molecule has 5 heteroatoms. The number of hydrogen-bond donors (Lipinski definition) is 1. The molecule has 0 fully saturated rings. The number of anilines is 1. The Labute approximate surface area is 115 Å². The van der Waals surface area contributed by atoms with E-state index in [0.717, 1.165) is 17.7 Å². The fourth-order valence-corrected chi connectivity index (χ4v) is 1.63. The van der Waals surface area contributed by atoms with Crippen molar-refractivity contribution < 1.29 is 13.5 Å². The third kappa shape index (κ3) is 3.54. The van der Waals surface area contributed by atoms with Crippen molar-refractivity contribution in [2.45, 2.75) is 6.92 Å². The van der Waals surface area contributed by atoms with Gasteiger partial charge in [0.15, 0.2) is 5.82 Å². The lowest BCUT2D eigenvalue weighted by Crippen LogP contribution is -1.98. The van der Waals surface area contributed by atoms with Crippen LogP contribution in [0.5, 0.6) is 5.75 Å². The topological polar surface area (TPSA) is 33.6 Å². The first-order valence-corrected chi connectivity index (χ1v) is 6.16. The standard InChI is InChI=1S/C15H14F2N2O/c1-2-20-15-6-4-3-5-11(15)10-18-19-14-8-7-12(16)9-13(14)17/h3-10,19H,2H2,1H3. The quantitative estimate of drug-likeness (QED) is 0.665. The Morgan fingerprint density at radius 2 is 2.00 bits per heavy atom. The van der Waals surface area contributed by atoms with Gasteiger partial charge >= 0.3 is 0 Å². The molecule has 0 radical (unpaired) electrons. The van der Waals surface area contributed by atoms with Crippen LogP contribution in [0, 0.1) is 11.6 Å². The number of benzene rings is 2. The third-order valence-electron chi connectivity index (χ3n) is 2.54. The van der Waals surface area contributed by atoms with E-state index in [1.54, 1.807) is 0 Å². The Morgan fingerprint density at radius 3 is 2.75 bits per heavy atom. The highest BCUT2D eigenvalue weighted by molar-refractivity contribution is 5.84. The van der Waals surface area contributed by atoms with Crippen molar-refractivity contribution in [3.8, 4) is 5.75 Å². The summed E-state index contributed by atoms with van der Waals surface area (Å²) in [6, 6.07) is 10.6. The molecule has 2 rings (SSSR count). The van der Waals surface area contributed by atoms with Gasteiger partial charge in [0.05, 0.1) is 18.5 Å². The number of halogens is 2. The average molecular weight is 276 g/mol. The number of nitrogens with zero attached hydrogens (tertiary/aromatic N) is 1. The Bertz CT molecular complexity index is 615. The molecule has 20 heavy (non-hydrogen) atoms. The summed E-state index contributed by atoms with van der Waals surface area (Å²) >= 11 is 0. The molecule has 1 N–H and O–H groups in total. The maximum Gasteiger partial charge on any atom is 0.151 e. The van der Waals surface area contributed by atoms with Crippen LogP contribution >= 0.6 is 0 Å². The molecule has 2 aromatic carbocycles. The molecule has 0 aliphatic rings. The molecule has 0 aliphatic carbocycles. The van der Waals surface area contributed by atoms with Crippen molar-refractivity contribution in [1.29, 1.82) is 0 Å². The fourth-order valence-electron chi connectivity index (χ4n) is 1.63. The van der Waals surface area contributed by atoms with E-state index in [2.05, 4.69) is 10.5 Å². The Hall–Kier alpha value is -2.43. The highest BCUT2D eigenvalue weighted by Gasteiger charge is 2.02. The summed E-state index contributed by atoms with van der Waals surface area (Å²) in [5, 5.41) is 3.93. The second-order valence-corrected chi connectivity index (χ2v) is 3.97. The largest absolute Gasteiger partial charge is 0.493 e. The van der Waals surface area contributed by atoms with E-state index in [1.807, 2.05) is 31.2 Å². The van der Waals surface area contributed by atoms with Crippen LogP contribution in [0.15, 0.2) is 47.6 Å². The van der Waals surface area contributed by atoms with Gasteiger partial charge in [-0.05, 0) is 31.2 Å². The van der Waals surface area contributed by atoms with Crippen molar-refractivity contribution >= 4 is 11.9 Å². The van der Waals surface area contributed by atoms with Gasteiger partial charge in [0.2, 0.25) is 0 Å². The van der Waals surface area contributed by atoms with Gasteiger partial charge < -0.3 is 4.74 Å². The summed E-state index contributed by atoms with van der Waals surface area (Å²) < 4.78 is 31.6. The van der Waals surface area contributed by atoms with E-state index in [1.165, 1.54) is 12.3 Å². The summed E-state index contributed by atoms with van der Waals surface area (Å²) in [5.41, 5.74) is 3.41. The minimum Gasteiger partial charge on any atom is -0.493 e. The smallest absolute Gasteiger partial charge is 0.151 e. The Kier molecular flexibility index (Phi) is 4.65. The summed E-state index contributed by atoms with van der Waals surface area (Å²) in [6.07, 6.45) is 1.52. The molecule has 0 heterocycles. The first-order chi connectivity index (χ1) is 9.70. The lowest BCUT2D eigenvalue weighted by molar-refractivity contribution is 0.340. The van der Waals surface area contributed by atoms with Gasteiger partial charge in [0, 0.05) is 11.6 Å². The maximum absolute atomic E-state index is 13.4. The summed E-state index contributed by atoms with van der Waals surface area (Å²) in [4.78, 5) is 0. The number of rotatable bonds is 5. The predicted molar refractivity (Wildman–Crippen MR) is 75.2 cm³/mol. The molecule has 0 spiro atoms. The average Bonchev–Trinajstić information content (AvgIpc) is 2.43. The second kappa shape index (κ2) is 6.65. The molecule has 0 unspecified atom stereocenters. The van der Waals surface area contributed by atoms with E-state index >= 15 is 0 Å². The van der Waals surface area contributed by atoms with Crippen molar-refractivity contribution in [3.63, 3.8) is 0 Å². The summed E-state index contributed by atoms with van der Waals surface area (Å²) in [6.45, 7) is 2.44. The van der Waals surface area contributed by atoms with Gasteiger partial charge in [-0.25, -0.2) is 8.78 Å². The van der Waals surface area contributed by atoms with Crippen LogP contribution in [0.25, 0.3) is 0 Å². The second-order valence-electron chi connectivity index (χ2n) is 3.97. The lowest BCUT2D eigenvalue weighted by atomic mass is 10.2. The number of hydrogen-bond acceptors (Lipinski definition) is 3. The molecule has 0 saturated heterocycles. The third-order valence-corrected chi connectivity index (χ3v) is 2.54. The first-order valence-electron chi connectivity index (χ1n) is 6.16. The zero-order valence-electron chi connectivity index (χ0n) is 10.9. The number of ether oxygens (including phenoxy) is 1. The summed E-state index contributed by atoms with van der Waals surface area (Å²) in [7, 11) is 0. The minimum absolute atomic E-state index is 0.108. The van der Waals surface area contributed by atoms with Crippen LogP contribution < -0.4 is 10.2 Å². The van der Waals surface area contributed by atoms with E-state index in [-0.39, 0.29) is 5.69 Å². The van der Waals surface area contributed by atoms with E-state index in [9.17, 15) is 8.78 Å². The molecule has 0 bridgehead atoms. The SMILES string of the molecule is CCOc1ccccc1C=NNc1ccc(F)cc1F. The van der Waals surface area contributed by atoms with Crippen LogP contribution in [-0.4, -0.2) is 12.8 Å². The van der Waals surface area contributed by atoms with Gasteiger partial charge in [-0.2, -0.15) is 5.10 Å². The minimum atomic E-state index is -0.694. The zero-order chi connectivity index (χ0) is 14.4. The Morgan fingerprint density at radius 1 is 1.20 bits per heavy atom. The fraction of sp³-hybridized carbons (Fsp3) is 0.133. The van der Waals surface area contributed by atoms with Crippen molar-refractivity contribution in [2.24, 2.45) is 5.10 Å². The maximum atomic E-state index is 13.4. The molecule has 0 aromatic heterocycles. The monoisotopic (exact) mass is 276 g/mol. The van der Waals surface area contributed by atoms with Crippen molar-refractivity contribution in [2.75, 3.05) is 12.0 Å². The molecular weight excluding hydrogens is 262 g/mol. The molecule has 104 valence electrons. The molecule has 0 saturated carbocycles. The van der Waals surface area contributed by atoms with Gasteiger partial charge in [-0.15, -0.1) is 0 Å². The first kappa shape index (κ1) is 14.0. The molecular formula is C15H14F2N2O. The molecule has 2 aromatic rings. The highest BCUT2D eigenvalue weighted by atomic mass is 19.1. The molecule has 0 amide bonds. The Balaban J connectivity index is 2.10. The van der Waals surface area contributed by atoms with E-state index < -0.39 is 11.6 Å². The highest BCUT2D eigenvalue weighted by Crippen LogP contribution is 2.17. The van der Waals surface area contributed by atoms with Gasteiger partial charge in [-0.1, -0.05) is 12.1 Å². The van der Waals surface area contributed by atoms with Crippen LogP contribution in [0.1, 0.15) is 12.5 Å². The van der Waals surface area contributed by atoms with E-state index in [0.29, 0.717) is 12.4 Å².